The molecule has 1 aromatic rings. The second-order valence-electron chi connectivity index (χ2n) is 5.44. The van der Waals surface area contributed by atoms with Gasteiger partial charge in [0, 0.05) is 18.3 Å². The average Bonchev–Trinajstić information content (AvgIpc) is 2.89. The van der Waals surface area contributed by atoms with Crippen LogP contribution in [0.1, 0.15) is 33.1 Å². The highest BCUT2D eigenvalue weighted by Gasteiger charge is 2.29. The minimum atomic E-state index is -0.104. The van der Waals surface area contributed by atoms with Gasteiger partial charge in [-0.2, -0.15) is 0 Å². The molecule has 2 rings (SSSR count). The molecule has 1 atom stereocenters. The molecule has 0 bridgehead atoms. The van der Waals surface area contributed by atoms with Crippen LogP contribution in [0, 0.1) is 0 Å². The molecule has 1 heterocycles. The fourth-order valence-electron chi connectivity index (χ4n) is 2.74. The first-order valence-corrected chi connectivity index (χ1v) is 7.52. The van der Waals surface area contributed by atoms with Crippen LogP contribution in [-0.2, 0) is 9.59 Å². The number of hydrogen-bond donors (Lipinski definition) is 2. The second-order valence-corrected chi connectivity index (χ2v) is 5.44. The van der Waals surface area contributed by atoms with Crippen LogP contribution in [0.5, 0.6) is 0 Å². The van der Waals surface area contributed by atoms with Crippen molar-refractivity contribution in [2.45, 2.75) is 39.2 Å². The first-order valence-electron chi connectivity index (χ1n) is 7.52. The standard InChI is InChI=1S/C16H23N3O2/c1-3-10-19-11-4-5-15(19)16(21)18-14-8-6-13(7-9-14)17-12(2)20/h6-9,15H,3-5,10-11H2,1-2H3,(H,17,20)(H,18,21). The topological polar surface area (TPSA) is 61.4 Å². The van der Waals surface area contributed by atoms with E-state index in [0.717, 1.165) is 43.7 Å². The normalized spacial score (nSPS) is 18.5. The number of hydrogen-bond acceptors (Lipinski definition) is 3. The molecule has 0 aromatic heterocycles. The maximum atomic E-state index is 12.3. The molecule has 5 nitrogen and oxygen atoms in total. The van der Waals surface area contributed by atoms with Gasteiger partial charge < -0.3 is 10.6 Å². The van der Waals surface area contributed by atoms with E-state index in [1.54, 1.807) is 12.1 Å². The first-order chi connectivity index (χ1) is 10.1. The van der Waals surface area contributed by atoms with E-state index >= 15 is 0 Å². The maximum Gasteiger partial charge on any atom is 0.241 e. The molecular weight excluding hydrogens is 266 g/mol. The third-order valence-electron chi connectivity index (χ3n) is 3.65. The molecule has 1 saturated heterocycles. The van der Waals surface area contributed by atoms with Gasteiger partial charge in [-0.1, -0.05) is 6.92 Å². The molecular formula is C16H23N3O2. The lowest BCUT2D eigenvalue weighted by molar-refractivity contribution is -0.120. The van der Waals surface area contributed by atoms with E-state index in [9.17, 15) is 9.59 Å². The first kappa shape index (κ1) is 15.5. The van der Waals surface area contributed by atoms with Crippen molar-refractivity contribution in [1.82, 2.24) is 4.90 Å². The van der Waals surface area contributed by atoms with E-state index in [0.29, 0.717) is 0 Å². The van der Waals surface area contributed by atoms with Crippen LogP contribution in [0.4, 0.5) is 11.4 Å². The van der Waals surface area contributed by atoms with Gasteiger partial charge in [0.05, 0.1) is 6.04 Å². The number of benzene rings is 1. The van der Waals surface area contributed by atoms with E-state index < -0.39 is 0 Å². The number of nitrogens with one attached hydrogen (secondary N) is 2. The SMILES string of the molecule is CCCN1CCCC1C(=O)Nc1ccc(NC(C)=O)cc1. The van der Waals surface area contributed by atoms with Crippen LogP contribution in [0.25, 0.3) is 0 Å². The van der Waals surface area contributed by atoms with Crippen molar-refractivity contribution in [1.29, 1.82) is 0 Å². The summed E-state index contributed by atoms with van der Waals surface area (Å²) in [5.41, 5.74) is 1.49. The van der Waals surface area contributed by atoms with Crippen molar-refractivity contribution in [3.05, 3.63) is 24.3 Å². The Morgan fingerprint density at radius 1 is 1.19 bits per heavy atom. The van der Waals surface area contributed by atoms with Crippen molar-refractivity contribution < 1.29 is 9.59 Å². The summed E-state index contributed by atoms with van der Waals surface area (Å²) in [6.45, 7) is 5.58. The van der Waals surface area contributed by atoms with Gasteiger partial charge in [-0.25, -0.2) is 0 Å². The highest BCUT2D eigenvalue weighted by atomic mass is 16.2. The van der Waals surface area contributed by atoms with Crippen LogP contribution < -0.4 is 10.6 Å². The third-order valence-corrected chi connectivity index (χ3v) is 3.65. The van der Waals surface area contributed by atoms with Gasteiger partial charge in [0.25, 0.3) is 0 Å². The van der Waals surface area contributed by atoms with E-state index in [1.165, 1.54) is 6.92 Å². The predicted molar refractivity (Wildman–Crippen MR) is 84.3 cm³/mol. The largest absolute Gasteiger partial charge is 0.326 e. The zero-order chi connectivity index (χ0) is 15.2. The van der Waals surface area contributed by atoms with Crippen LogP contribution in [0.2, 0.25) is 0 Å². The fraction of sp³-hybridized carbons (Fsp3) is 0.500. The van der Waals surface area contributed by atoms with Crippen LogP contribution in [0.3, 0.4) is 0 Å². The van der Waals surface area contributed by atoms with E-state index in [4.69, 9.17) is 0 Å². The minimum absolute atomic E-state index is 0.0139. The Bertz CT molecular complexity index is 499. The van der Waals surface area contributed by atoms with Gasteiger partial charge in [0.2, 0.25) is 11.8 Å². The molecule has 0 radical (unpaired) electrons. The lowest BCUT2D eigenvalue weighted by Gasteiger charge is -2.23. The number of anilines is 2. The number of nitrogens with zero attached hydrogens (tertiary/aromatic N) is 1. The Morgan fingerprint density at radius 3 is 2.38 bits per heavy atom. The Labute approximate surface area is 125 Å². The van der Waals surface area contributed by atoms with E-state index in [-0.39, 0.29) is 17.9 Å². The predicted octanol–water partition coefficient (Wildman–Crippen LogP) is 2.46. The summed E-state index contributed by atoms with van der Waals surface area (Å²) in [5, 5.41) is 5.66. The third kappa shape index (κ3) is 4.29. The van der Waals surface area contributed by atoms with Crippen molar-refractivity contribution in [2.75, 3.05) is 23.7 Å². The van der Waals surface area contributed by atoms with Gasteiger partial charge in [0.1, 0.15) is 0 Å². The summed E-state index contributed by atoms with van der Waals surface area (Å²) >= 11 is 0. The highest BCUT2D eigenvalue weighted by Crippen LogP contribution is 2.20. The second kappa shape index (κ2) is 7.22. The molecule has 114 valence electrons. The zero-order valence-corrected chi connectivity index (χ0v) is 12.7. The smallest absolute Gasteiger partial charge is 0.241 e. The van der Waals surface area contributed by atoms with Crippen molar-refractivity contribution in [3.8, 4) is 0 Å². The Hall–Kier alpha value is -1.88. The quantitative estimate of drug-likeness (QED) is 0.875. The highest BCUT2D eigenvalue weighted by molar-refractivity contribution is 5.95. The minimum Gasteiger partial charge on any atom is -0.326 e. The van der Waals surface area contributed by atoms with Crippen molar-refractivity contribution >= 4 is 23.2 Å². The summed E-state index contributed by atoms with van der Waals surface area (Å²) in [6, 6.07) is 7.18. The molecule has 1 aliphatic heterocycles. The molecule has 2 N–H and O–H groups in total. The Balaban J connectivity index is 1.94. The fourth-order valence-corrected chi connectivity index (χ4v) is 2.74. The summed E-state index contributed by atoms with van der Waals surface area (Å²) in [5.74, 6) is -0.0406. The molecule has 1 aliphatic rings. The number of carbonyl (C=O) groups excluding carboxylic acids is 2. The molecule has 21 heavy (non-hydrogen) atoms. The van der Waals surface area contributed by atoms with E-state index in [1.807, 2.05) is 12.1 Å². The number of likely N-dealkylation sites (tertiary alicyclic amines) is 1. The van der Waals surface area contributed by atoms with Crippen LogP contribution >= 0.6 is 0 Å². The summed E-state index contributed by atoms with van der Waals surface area (Å²) in [4.78, 5) is 25.6. The molecule has 0 aliphatic carbocycles. The number of amides is 2. The number of rotatable bonds is 5. The van der Waals surface area contributed by atoms with Gasteiger partial charge >= 0.3 is 0 Å². The number of carbonyl (C=O) groups is 2. The molecule has 1 aromatic carbocycles. The van der Waals surface area contributed by atoms with Gasteiger partial charge in [-0.05, 0) is 56.6 Å². The maximum absolute atomic E-state index is 12.3. The molecule has 0 saturated carbocycles. The van der Waals surface area contributed by atoms with Crippen molar-refractivity contribution in [3.63, 3.8) is 0 Å². The lowest BCUT2D eigenvalue weighted by Crippen LogP contribution is -2.39. The molecule has 0 spiro atoms. The Morgan fingerprint density at radius 2 is 1.81 bits per heavy atom. The molecule has 2 amide bonds. The monoisotopic (exact) mass is 289 g/mol. The van der Waals surface area contributed by atoms with Crippen LogP contribution in [-0.4, -0.2) is 35.8 Å². The van der Waals surface area contributed by atoms with Gasteiger partial charge in [-0.15, -0.1) is 0 Å². The zero-order valence-electron chi connectivity index (χ0n) is 12.7. The Kier molecular flexibility index (Phi) is 5.33. The summed E-state index contributed by atoms with van der Waals surface area (Å²) in [6.07, 6.45) is 3.07. The molecule has 1 unspecified atom stereocenters. The van der Waals surface area contributed by atoms with E-state index in [2.05, 4.69) is 22.5 Å². The average molecular weight is 289 g/mol. The van der Waals surface area contributed by atoms with Crippen molar-refractivity contribution in [2.24, 2.45) is 0 Å². The van der Waals surface area contributed by atoms with Crippen LogP contribution in [0.15, 0.2) is 24.3 Å². The lowest BCUT2D eigenvalue weighted by atomic mass is 10.2. The van der Waals surface area contributed by atoms with Gasteiger partial charge in [-0.3, -0.25) is 14.5 Å². The van der Waals surface area contributed by atoms with Gasteiger partial charge in [0.15, 0.2) is 0 Å². The summed E-state index contributed by atoms with van der Waals surface area (Å²) < 4.78 is 0. The summed E-state index contributed by atoms with van der Waals surface area (Å²) in [7, 11) is 0. The molecule has 1 fully saturated rings. The molecule has 5 heteroatoms.